The van der Waals surface area contributed by atoms with Crippen molar-refractivity contribution >= 4 is 34.3 Å². The van der Waals surface area contributed by atoms with Gasteiger partial charge >= 0.3 is 0 Å². The van der Waals surface area contributed by atoms with Gasteiger partial charge in [-0.15, -0.1) is 0 Å². The van der Waals surface area contributed by atoms with Crippen molar-refractivity contribution in [3.8, 4) is 11.1 Å². The Bertz CT molecular complexity index is 876. The molecular formula is C15H13ClN6S. The van der Waals surface area contributed by atoms with Crippen LogP contribution in [0.2, 0.25) is 5.15 Å². The Morgan fingerprint density at radius 3 is 2.87 bits per heavy atom. The quantitative estimate of drug-likeness (QED) is 0.724. The van der Waals surface area contributed by atoms with Crippen molar-refractivity contribution < 1.29 is 0 Å². The highest BCUT2D eigenvalue weighted by Crippen LogP contribution is 2.36. The second-order valence-electron chi connectivity index (χ2n) is 4.99. The lowest BCUT2D eigenvalue weighted by Crippen LogP contribution is -2.27. The van der Waals surface area contributed by atoms with Crippen LogP contribution < -0.4 is 5.32 Å². The summed E-state index contributed by atoms with van der Waals surface area (Å²) in [6, 6.07) is 9.93. The lowest BCUT2D eigenvalue weighted by Gasteiger charge is -2.16. The fourth-order valence-electron chi connectivity index (χ4n) is 2.41. The molecule has 0 atom stereocenters. The zero-order valence-electron chi connectivity index (χ0n) is 12.1. The molecule has 6 nitrogen and oxygen atoms in total. The van der Waals surface area contributed by atoms with Crippen LogP contribution in [0.15, 0.2) is 46.7 Å². The van der Waals surface area contributed by atoms with Crippen LogP contribution in [-0.4, -0.2) is 37.8 Å². The van der Waals surface area contributed by atoms with Crippen LogP contribution in [0, 0.1) is 0 Å². The van der Waals surface area contributed by atoms with Gasteiger partial charge in [-0.3, -0.25) is 4.99 Å². The third-order valence-corrected chi connectivity index (χ3v) is 4.77. The molecule has 0 amide bonds. The van der Waals surface area contributed by atoms with E-state index in [1.165, 1.54) is 18.1 Å². The molecule has 1 aliphatic heterocycles. The maximum Gasteiger partial charge on any atom is 0.254 e. The Labute approximate surface area is 142 Å². The molecule has 3 heterocycles. The van der Waals surface area contributed by atoms with E-state index in [0.29, 0.717) is 10.9 Å². The van der Waals surface area contributed by atoms with Gasteiger partial charge < -0.3 is 5.32 Å². The molecule has 4 rings (SSSR count). The molecule has 0 bridgehead atoms. The lowest BCUT2D eigenvalue weighted by molar-refractivity contribution is 0.750. The average molecular weight is 345 g/mol. The molecule has 3 aromatic rings. The number of aromatic nitrogens is 4. The zero-order chi connectivity index (χ0) is 15.6. The number of aliphatic imine (C=N–C) groups is 1. The molecular weight excluding hydrogens is 332 g/mol. The summed E-state index contributed by atoms with van der Waals surface area (Å²) in [5.41, 5.74) is 1.83. The van der Waals surface area contributed by atoms with Crippen molar-refractivity contribution in [3.63, 3.8) is 0 Å². The van der Waals surface area contributed by atoms with E-state index in [9.17, 15) is 0 Å². The number of rotatable bonds is 2. The topological polar surface area (TPSA) is 67.5 Å². The molecule has 8 heteroatoms. The van der Waals surface area contributed by atoms with E-state index in [-0.39, 0.29) is 0 Å². The molecule has 0 fully saturated rings. The summed E-state index contributed by atoms with van der Waals surface area (Å²) in [6.45, 7) is 1.75. The van der Waals surface area contributed by atoms with E-state index >= 15 is 0 Å². The highest BCUT2D eigenvalue weighted by atomic mass is 35.5. The molecule has 0 saturated heterocycles. The minimum Gasteiger partial charge on any atom is -0.365 e. The highest BCUT2D eigenvalue weighted by Gasteiger charge is 2.20. The second kappa shape index (κ2) is 6.17. The maximum absolute atomic E-state index is 6.45. The Kier molecular flexibility index (Phi) is 3.88. The number of benzene rings is 1. The van der Waals surface area contributed by atoms with Gasteiger partial charge in [0.1, 0.15) is 16.5 Å². The molecule has 0 unspecified atom stereocenters. The van der Waals surface area contributed by atoms with Gasteiger partial charge in [0.15, 0.2) is 5.17 Å². The summed E-state index contributed by atoms with van der Waals surface area (Å²) >= 11 is 7.96. The summed E-state index contributed by atoms with van der Waals surface area (Å²) in [4.78, 5) is 13.0. The summed E-state index contributed by atoms with van der Waals surface area (Å²) < 4.78 is 1.71. The first-order valence-electron chi connectivity index (χ1n) is 7.24. The van der Waals surface area contributed by atoms with Gasteiger partial charge in [-0.05, 0) is 23.7 Å². The van der Waals surface area contributed by atoms with Crippen LogP contribution in [0.5, 0.6) is 0 Å². The predicted octanol–water partition coefficient (Wildman–Crippen LogP) is 2.89. The van der Waals surface area contributed by atoms with Crippen molar-refractivity contribution in [3.05, 3.63) is 41.8 Å². The molecule has 23 heavy (non-hydrogen) atoms. The molecule has 1 N–H and O–H groups in total. The molecule has 1 aromatic carbocycles. The van der Waals surface area contributed by atoms with Crippen LogP contribution >= 0.6 is 23.4 Å². The summed E-state index contributed by atoms with van der Waals surface area (Å²) in [5.74, 6) is 0.480. The van der Waals surface area contributed by atoms with Crippen molar-refractivity contribution in [1.29, 1.82) is 0 Å². The second-order valence-corrected chi connectivity index (χ2v) is 6.33. The van der Waals surface area contributed by atoms with E-state index in [2.05, 4.69) is 25.4 Å². The van der Waals surface area contributed by atoms with Gasteiger partial charge in [0.2, 0.25) is 0 Å². The summed E-state index contributed by atoms with van der Waals surface area (Å²) in [6.07, 6.45) is 2.53. The molecule has 1 aliphatic rings. The number of halogens is 1. The maximum atomic E-state index is 6.45. The van der Waals surface area contributed by atoms with Crippen LogP contribution in [0.3, 0.4) is 0 Å². The minimum absolute atomic E-state index is 0.413. The van der Waals surface area contributed by atoms with E-state index in [0.717, 1.165) is 40.8 Å². The predicted molar refractivity (Wildman–Crippen MR) is 92.0 cm³/mol. The number of hydrogen-bond acceptors (Lipinski definition) is 6. The Morgan fingerprint density at radius 2 is 2.09 bits per heavy atom. The Morgan fingerprint density at radius 1 is 1.22 bits per heavy atom. The Hall–Kier alpha value is -2.12. The van der Waals surface area contributed by atoms with Crippen molar-refractivity contribution in [2.75, 3.05) is 13.1 Å². The van der Waals surface area contributed by atoms with Gasteiger partial charge in [0.25, 0.3) is 5.78 Å². The first-order chi connectivity index (χ1) is 11.3. The molecule has 0 spiro atoms. The SMILES string of the molecule is Clc1nc2ncnn2c(SC2=NCCCN2)c1-c1ccccc1. The largest absolute Gasteiger partial charge is 0.365 e. The number of amidine groups is 1. The number of nitrogens with one attached hydrogen (secondary N) is 1. The molecule has 0 aliphatic carbocycles. The fourth-order valence-corrected chi connectivity index (χ4v) is 3.78. The first kappa shape index (κ1) is 14.5. The van der Waals surface area contributed by atoms with Gasteiger partial charge in [0, 0.05) is 13.1 Å². The van der Waals surface area contributed by atoms with Crippen LogP contribution in [0.25, 0.3) is 16.9 Å². The number of nitrogens with zero attached hydrogens (tertiary/aromatic N) is 5. The summed E-state index contributed by atoms with van der Waals surface area (Å²) in [7, 11) is 0. The third kappa shape index (κ3) is 2.77. The van der Waals surface area contributed by atoms with Crippen LogP contribution in [-0.2, 0) is 0 Å². The number of fused-ring (bicyclic) bond motifs is 1. The van der Waals surface area contributed by atoms with Crippen molar-refractivity contribution in [2.45, 2.75) is 11.4 Å². The standard InChI is InChI=1S/C15H13ClN6S/c16-12-11(10-5-2-1-3-6-10)13(22-14(21-12)19-9-20-22)23-15-17-7-4-8-18-15/h1-3,5-6,9H,4,7-8H2,(H,17,18). The van der Waals surface area contributed by atoms with E-state index in [1.807, 2.05) is 30.3 Å². The van der Waals surface area contributed by atoms with Crippen molar-refractivity contribution in [1.82, 2.24) is 24.9 Å². The van der Waals surface area contributed by atoms with Gasteiger partial charge in [-0.1, -0.05) is 41.9 Å². The molecule has 0 radical (unpaired) electrons. The van der Waals surface area contributed by atoms with E-state index in [4.69, 9.17) is 11.6 Å². The third-order valence-electron chi connectivity index (χ3n) is 3.46. The summed E-state index contributed by atoms with van der Waals surface area (Å²) in [5, 5.41) is 9.74. The molecule has 0 saturated carbocycles. The fraction of sp³-hybridized carbons (Fsp3) is 0.200. The first-order valence-corrected chi connectivity index (χ1v) is 8.43. The minimum atomic E-state index is 0.413. The van der Waals surface area contributed by atoms with Gasteiger partial charge in [0.05, 0.1) is 5.56 Å². The van der Waals surface area contributed by atoms with Crippen molar-refractivity contribution in [2.24, 2.45) is 4.99 Å². The average Bonchev–Trinajstić information content (AvgIpc) is 3.05. The van der Waals surface area contributed by atoms with E-state index in [1.54, 1.807) is 4.52 Å². The number of hydrogen-bond donors (Lipinski definition) is 1. The van der Waals surface area contributed by atoms with Gasteiger partial charge in [-0.25, -0.2) is 0 Å². The van der Waals surface area contributed by atoms with Gasteiger partial charge in [-0.2, -0.15) is 19.6 Å². The normalized spacial score (nSPS) is 14.6. The number of thioether (sulfide) groups is 1. The zero-order valence-corrected chi connectivity index (χ0v) is 13.7. The highest BCUT2D eigenvalue weighted by molar-refractivity contribution is 8.13. The monoisotopic (exact) mass is 344 g/mol. The lowest BCUT2D eigenvalue weighted by atomic mass is 10.1. The smallest absolute Gasteiger partial charge is 0.254 e. The van der Waals surface area contributed by atoms with Crippen LogP contribution in [0.4, 0.5) is 0 Å². The molecule has 2 aromatic heterocycles. The van der Waals surface area contributed by atoms with E-state index < -0.39 is 0 Å². The molecule has 116 valence electrons. The van der Waals surface area contributed by atoms with Crippen LogP contribution in [0.1, 0.15) is 6.42 Å². The Balaban J connectivity index is 1.91.